The lowest BCUT2D eigenvalue weighted by Gasteiger charge is -2.18. The highest BCUT2D eigenvalue weighted by molar-refractivity contribution is 5.83. The summed E-state index contributed by atoms with van der Waals surface area (Å²) in [4.78, 5) is 27.1. The maximum absolute atomic E-state index is 12.3. The summed E-state index contributed by atoms with van der Waals surface area (Å²) in [5, 5.41) is 3.51. The molecule has 0 saturated heterocycles. The largest absolute Gasteiger partial charge is 0.486 e. The van der Waals surface area contributed by atoms with Gasteiger partial charge in [-0.3, -0.25) is 9.59 Å². The molecule has 2 N–H and O–H groups in total. The summed E-state index contributed by atoms with van der Waals surface area (Å²) in [6.07, 6.45) is 0. The minimum absolute atomic E-state index is 0.108. The van der Waals surface area contributed by atoms with Crippen LogP contribution in [0.3, 0.4) is 0 Å². The topological polar surface area (TPSA) is 89.7 Å². The van der Waals surface area contributed by atoms with Crippen molar-refractivity contribution >= 4 is 16.8 Å². The Labute approximate surface area is 154 Å². The van der Waals surface area contributed by atoms with Gasteiger partial charge in [0.1, 0.15) is 19.0 Å². The van der Waals surface area contributed by atoms with Crippen LogP contribution in [0, 0.1) is 0 Å². The van der Waals surface area contributed by atoms with Crippen LogP contribution in [0.15, 0.2) is 53.3 Å². The van der Waals surface area contributed by atoms with E-state index in [1.807, 2.05) is 24.3 Å². The van der Waals surface area contributed by atoms with Crippen molar-refractivity contribution in [2.45, 2.75) is 6.54 Å². The second kappa shape index (κ2) is 7.41. The lowest BCUT2D eigenvalue weighted by atomic mass is 10.1. The van der Waals surface area contributed by atoms with Crippen molar-refractivity contribution in [3.63, 3.8) is 0 Å². The normalized spacial score (nSPS) is 12.6. The Morgan fingerprint density at radius 2 is 1.81 bits per heavy atom. The predicted molar refractivity (Wildman–Crippen MR) is 99.3 cm³/mol. The first kappa shape index (κ1) is 17.0. The first-order chi connectivity index (χ1) is 13.2. The van der Waals surface area contributed by atoms with Crippen molar-refractivity contribution in [2.24, 2.45) is 0 Å². The van der Waals surface area contributed by atoms with Crippen molar-refractivity contribution in [3.8, 4) is 17.2 Å². The Morgan fingerprint density at radius 3 is 2.59 bits per heavy atom. The molecule has 1 amide bonds. The number of carbonyl (C=O) groups excluding carboxylic acids is 1. The van der Waals surface area contributed by atoms with Gasteiger partial charge < -0.3 is 24.5 Å². The number of hydrogen-bond donors (Lipinski definition) is 2. The number of para-hydroxylation sites is 1. The third-order valence-corrected chi connectivity index (χ3v) is 4.17. The molecule has 7 nitrogen and oxygen atoms in total. The molecule has 0 saturated carbocycles. The Balaban J connectivity index is 1.44. The number of H-pyrrole nitrogens is 1. The van der Waals surface area contributed by atoms with Crippen molar-refractivity contribution < 1.29 is 19.0 Å². The van der Waals surface area contributed by atoms with Crippen LogP contribution in [0.1, 0.15) is 5.56 Å². The van der Waals surface area contributed by atoms with Gasteiger partial charge in [0.05, 0.1) is 5.52 Å². The highest BCUT2D eigenvalue weighted by Gasteiger charge is 2.14. The van der Waals surface area contributed by atoms with Gasteiger partial charge in [0.2, 0.25) is 0 Å². The molecule has 0 aliphatic carbocycles. The maximum Gasteiger partial charge on any atom is 0.258 e. The number of benzene rings is 2. The van der Waals surface area contributed by atoms with Crippen LogP contribution in [-0.2, 0) is 11.3 Å². The van der Waals surface area contributed by atoms with Gasteiger partial charge in [0.25, 0.3) is 11.5 Å². The van der Waals surface area contributed by atoms with Crippen LogP contribution in [0.4, 0.5) is 0 Å². The van der Waals surface area contributed by atoms with Gasteiger partial charge in [-0.2, -0.15) is 0 Å². The third-order valence-electron chi connectivity index (χ3n) is 4.17. The van der Waals surface area contributed by atoms with E-state index in [-0.39, 0.29) is 24.6 Å². The molecule has 0 radical (unpaired) electrons. The summed E-state index contributed by atoms with van der Waals surface area (Å²) in [5.74, 6) is 1.57. The maximum atomic E-state index is 12.3. The van der Waals surface area contributed by atoms with Crippen LogP contribution in [-0.4, -0.2) is 30.7 Å². The molecular formula is C20H18N2O5. The SMILES string of the molecule is O=C(COc1ccccc1)NCc1cc2cc3c(cc2[nH]c1=O)OCCO3. The minimum Gasteiger partial charge on any atom is -0.486 e. The number of hydrogen-bond acceptors (Lipinski definition) is 5. The van der Waals surface area contributed by atoms with Crippen LogP contribution in [0.25, 0.3) is 10.9 Å². The molecule has 0 spiro atoms. The molecule has 0 bridgehead atoms. The fourth-order valence-electron chi connectivity index (χ4n) is 2.83. The van der Waals surface area contributed by atoms with Gasteiger partial charge in [0, 0.05) is 23.6 Å². The molecule has 138 valence electrons. The number of aromatic amines is 1. The zero-order valence-corrected chi connectivity index (χ0v) is 14.5. The Morgan fingerprint density at radius 1 is 1.07 bits per heavy atom. The van der Waals surface area contributed by atoms with Crippen molar-refractivity contribution in [1.82, 2.24) is 10.3 Å². The summed E-state index contributed by atoms with van der Waals surface area (Å²) < 4.78 is 16.5. The number of nitrogens with one attached hydrogen (secondary N) is 2. The molecule has 1 aliphatic heterocycles. The van der Waals surface area contributed by atoms with Crippen LogP contribution in [0.2, 0.25) is 0 Å². The zero-order chi connectivity index (χ0) is 18.6. The Kier molecular flexibility index (Phi) is 4.65. The zero-order valence-electron chi connectivity index (χ0n) is 14.5. The first-order valence-electron chi connectivity index (χ1n) is 8.59. The molecule has 4 rings (SSSR count). The summed E-state index contributed by atoms with van der Waals surface area (Å²) in [7, 11) is 0. The quantitative estimate of drug-likeness (QED) is 0.721. The van der Waals surface area contributed by atoms with E-state index in [4.69, 9.17) is 14.2 Å². The van der Waals surface area contributed by atoms with Crippen LogP contribution >= 0.6 is 0 Å². The van der Waals surface area contributed by atoms with E-state index in [1.54, 1.807) is 24.3 Å². The molecule has 3 aromatic rings. The lowest BCUT2D eigenvalue weighted by Crippen LogP contribution is -2.30. The number of carbonyl (C=O) groups is 1. The Bertz CT molecular complexity index is 1030. The van der Waals surface area contributed by atoms with E-state index in [1.165, 1.54) is 0 Å². The molecule has 0 atom stereocenters. The number of pyridine rings is 1. The fourth-order valence-corrected chi connectivity index (χ4v) is 2.83. The molecular weight excluding hydrogens is 348 g/mol. The summed E-state index contributed by atoms with van der Waals surface area (Å²) >= 11 is 0. The smallest absolute Gasteiger partial charge is 0.258 e. The van der Waals surface area contributed by atoms with E-state index >= 15 is 0 Å². The molecule has 2 aromatic carbocycles. The highest BCUT2D eigenvalue weighted by atomic mass is 16.6. The third kappa shape index (κ3) is 3.87. The van der Waals surface area contributed by atoms with Crippen molar-refractivity contribution in [1.29, 1.82) is 0 Å². The molecule has 1 aromatic heterocycles. The van der Waals surface area contributed by atoms with Gasteiger partial charge in [-0.1, -0.05) is 18.2 Å². The van der Waals surface area contributed by atoms with E-state index in [2.05, 4.69) is 10.3 Å². The molecule has 0 fully saturated rings. The van der Waals surface area contributed by atoms with Crippen LogP contribution < -0.4 is 25.1 Å². The van der Waals surface area contributed by atoms with Crippen LogP contribution in [0.5, 0.6) is 17.2 Å². The fraction of sp³-hybridized carbons (Fsp3) is 0.200. The average Bonchev–Trinajstić information content (AvgIpc) is 2.70. The molecule has 2 heterocycles. The number of ether oxygens (including phenoxy) is 3. The van der Waals surface area contributed by atoms with Gasteiger partial charge in [-0.05, 0) is 24.3 Å². The number of aromatic nitrogens is 1. The second-order valence-electron chi connectivity index (χ2n) is 6.09. The van der Waals surface area contributed by atoms with E-state index in [9.17, 15) is 9.59 Å². The number of rotatable bonds is 5. The van der Waals surface area contributed by atoms with Gasteiger partial charge in [0.15, 0.2) is 18.1 Å². The summed E-state index contributed by atoms with van der Waals surface area (Å²) in [6, 6.07) is 14.4. The Hall–Kier alpha value is -3.48. The van der Waals surface area contributed by atoms with E-state index in [0.29, 0.717) is 41.5 Å². The second-order valence-corrected chi connectivity index (χ2v) is 6.09. The molecule has 7 heteroatoms. The summed E-state index contributed by atoms with van der Waals surface area (Å²) in [5.41, 5.74) is 0.849. The standard InChI is InChI=1S/C20H18N2O5/c23-19(12-27-15-4-2-1-3-5-15)21-11-14-8-13-9-17-18(26-7-6-25-17)10-16(13)22-20(14)24/h1-5,8-10H,6-7,11-12H2,(H,21,23)(H,22,24). The van der Waals surface area contributed by atoms with Gasteiger partial charge in [-0.15, -0.1) is 0 Å². The van der Waals surface area contributed by atoms with Crippen molar-refractivity contribution in [3.05, 3.63) is 64.4 Å². The average molecular weight is 366 g/mol. The van der Waals surface area contributed by atoms with Gasteiger partial charge >= 0.3 is 0 Å². The monoisotopic (exact) mass is 366 g/mol. The van der Waals surface area contributed by atoms with E-state index < -0.39 is 0 Å². The lowest BCUT2D eigenvalue weighted by molar-refractivity contribution is -0.123. The number of fused-ring (bicyclic) bond motifs is 2. The van der Waals surface area contributed by atoms with Gasteiger partial charge in [-0.25, -0.2) is 0 Å². The molecule has 0 unspecified atom stereocenters. The minimum atomic E-state index is -0.305. The summed E-state index contributed by atoms with van der Waals surface area (Å²) in [6.45, 7) is 0.967. The van der Waals surface area contributed by atoms with Crippen molar-refractivity contribution in [2.75, 3.05) is 19.8 Å². The molecule has 27 heavy (non-hydrogen) atoms. The highest BCUT2D eigenvalue weighted by Crippen LogP contribution is 2.33. The van der Waals surface area contributed by atoms with E-state index in [0.717, 1.165) is 5.39 Å². The number of amides is 1. The molecule has 1 aliphatic rings. The first-order valence-corrected chi connectivity index (χ1v) is 8.59. The predicted octanol–water partition coefficient (Wildman–Crippen LogP) is 1.99.